The van der Waals surface area contributed by atoms with E-state index in [-0.39, 0.29) is 11.2 Å². The first-order valence-electron chi connectivity index (χ1n) is 5.86. The number of carbonyl (C=O) groups excluding carboxylic acids is 1. The van der Waals surface area contributed by atoms with Crippen LogP contribution in [-0.2, 0) is 9.53 Å². The predicted molar refractivity (Wildman–Crippen MR) is 76.3 cm³/mol. The fourth-order valence-corrected chi connectivity index (χ4v) is 2.49. The Bertz CT molecular complexity index is 370. The van der Waals surface area contributed by atoms with Crippen molar-refractivity contribution in [3.05, 3.63) is 29.3 Å². The molecular formula is C13H18ClNO2S. The van der Waals surface area contributed by atoms with E-state index in [9.17, 15) is 4.79 Å². The van der Waals surface area contributed by atoms with Gasteiger partial charge in [-0.3, -0.25) is 4.79 Å². The summed E-state index contributed by atoms with van der Waals surface area (Å²) in [5.74, 6) is 0.0505. The lowest BCUT2D eigenvalue weighted by Gasteiger charge is -2.14. The highest BCUT2D eigenvalue weighted by molar-refractivity contribution is 8.00. The SMILES string of the molecule is CCC(Sc1ccc(Cl)cc1)C(=O)NCCOC. The molecule has 0 spiro atoms. The third-order valence-electron chi connectivity index (χ3n) is 2.36. The average Bonchev–Trinajstić information content (AvgIpc) is 2.38. The second kappa shape index (κ2) is 8.40. The van der Waals surface area contributed by atoms with Gasteiger partial charge in [0.2, 0.25) is 5.91 Å². The second-order valence-corrected chi connectivity index (χ2v) is 5.47. The van der Waals surface area contributed by atoms with Gasteiger partial charge in [0.1, 0.15) is 0 Å². The molecule has 0 aliphatic heterocycles. The Labute approximate surface area is 117 Å². The number of methoxy groups -OCH3 is 1. The van der Waals surface area contributed by atoms with Crippen LogP contribution in [0.15, 0.2) is 29.2 Å². The second-order valence-electron chi connectivity index (χ2n) is 3.75. The summed E-state index contributed by atoms with van der Waals surface area (Å²) in [6.45, 7) is 3.09. The summed E-state index contributed by atoms with van der Waals surface area (Å²) in [6, 6.07) is 7.52. The van der Waals surface area contributed by atoms with Crippen molar-refractivity contribution in [2.45, 2.75) is 23.5 Å². The maximum atomic E-state index is 11.9. The Kier molecular flexibility index (Phi) is 7.16. The molecule has 18 heavy (non-hydrogen) atoms. The van der Waals surface area contributed by atoms with Crippen molar-refractivity contribution in [1.82, 2.24) is 5.32 Å². The number of ether oxygens (including phenoxy) is 1. The Morgan fingerprint density at radius 3 is 2.67 bits per heavy atom. The molecule has 1 aromatic rings. The van der Waals surface area contributed by atoms with E-state index in [4.69, 9.17) is 16.3 Å². The van der Waals surface area contributed by atoms with Crippen molar-refractivity contribution in [3.63, 3.8) is 0 Å². The van der Waals surface area contributed by atoms with Crippen molar-refractivity contribution in [1.29, 1.82) is 0 Å². The molecule has 0 saturated heterocycles. The van der Waals surface area contributed by atoms with Crippen molar-refractivity contribution in [3.8, 4) is 0 Å². The quantitative estimate of drug-likeness (QED) is 0.619. The highest BCUT2D eigenvalue weighted by atomic mass is 35.5. The fourth-order valence-electron chi connectivity index (χ4n) is 1.39. The van der Waals surface area contributed by atoms with Crippen molar-refractivity contribution >= 4 is 29.3 Å². The lowest BCUT2D eigenvalue weighted by molar-refractivity contribution is -0.120. The molecule has 1 atom stereocenters. The number of rotatable bonds is 7. The summed E-state index contributed by atoms with van der Waals surface area (Å²) in [5.41, 5.74) is 0. The minimum Gasteiger partial charge on any atom is -0.383 e. The van der Waals surface area contributed by atoms with Crippen LogP contribution in [0.5, 0.6) is 0 Å². The van der Waals surface area contributed by atoms with Gasteiger partial charge < -0.3 is 10.1 Å². The molecule has 0 heterocycles. The molecule has 0 aliphatic rings. The van der Waals surface area contributed by atoms with Crippen LogP contribution in [0.2, 0.25) is 5.02 Å². The van der Waals surface area contributed by atoms with Gasteiger partial charge in [-0.25, -0.2) is 0 Å². The van der Waals surface area contributed by atoms with Crippen molar-refractivity contribution in [2.24, 2.45) is 0 Å². The van der Waals surface area contributed by atoms with Gasteiger partial charge in [-0.2, -0.15) is 0 Å². The first-order valence-corrected chi connectivity index (χ1v) is 7.12. The number of halogens is 1. The largest absolute Gasteiger partial charge is 0.383 e. The standard InChI is InChI=1S/C13H18ClNO2S/c1-3-12(13(16)15-8-9-17-2)18-11-6-4-10(14)5-7-11/h4-7,12H,3,8-9H2,1-2H3,(H,15,16). The smallest absolute Gasteiger partial charge is 0.233 e. The molecule has 0 aliphatic carbocycles. The Morgan fingerprint density at radius 2 is 2.11 bits per heavy atom. The zero-order valence-corrected chi connectivity index (χ0v) is 12.2. The van der Waals surface area contributed by atoms with Gasteiger partial charge >= 0.3 is 0 Å². The van der Waals surface area contributed by atoms with Crippen LogP contribution in [0.1, 0.15) is 13.3 Å². The molecule has 1 N–H and O–H groups in total. The summed E-state index contributed by atoms with van der Waals surface area (Å²) < 4.78 is 4.90. The Hall–Kier alpha value is -0.710. The molecule has 5 heteroatoms. The van der Waals surface area contributed by atoms with E-state index in [0.29, 0.717) is 18.2 Å². The van der Waals surface area contributed by atoms with Gasteiger partial charge in [0.15, 0.2) is 0 Å². The molecular weight excluding hydrogens is 270 g/mol. The minimum atomic E-state index is -0.0805. The summed E-state index contributed by atoms with van der Waals surface area (Å²) in [6.07, 6.45) is 0.784. The van der Waals surface area contributed by atoms with E-state index in [1.807, 2.05) is 31.2 Å². The van der Waals surface area contributed by atoms with E-state index < -0.39 is 0 Å². The van der Waals surface area contributed by atoms with Gasteiger partial charge in [-0.1, -0.05) is 18.5 Å². The van der Waals surface area contributed by atoms with Gasteiger partial charge in [0.05, 0.1) is 11.9 Å². The summed E-state index contributed by atoms with van der Waals surface area (Å²) in [4.78, 5) is 13.0. The van der Waals surface area contributed by atoms with Crippen LogP contribution in [0, 0.1) is 0 Å². The van der Waals surface area contributed by atoms with Gasteiger partial charge in [-0.15, -0.1) is 11.8 Å². The molecule has 3 nitrogen and oxygen atoms in total. The van der Waals surface area contributed by atoms with Crippen LogP contribution >= 0.6 is 23.4 Å². The van der Waals surface area contributed by atoms with E-state index in [0.717, 1.165) is 11.3 Å². The van der Waals surface area contributed by atoms with E-state index in [2.05, 4.69) is 5.32 Å². The topological polar surface area (TPSA) is 38.3 Å². The number of carbonyl (C=O) groups is 1. The summed E-state index contributed by atoms with van der Waals surface area (Å²) >= 11 is 7.38. The zero-order chi connectivity index (χ0) is 13.4. The molecule has 1 unspecified atom stereocenters. The fraction of sp³-hybridized carbons (Fsp3) is 0.462. The third-order valence-corrected chi connectivity index (χ3v) is 3.99. The first kappa shape index (κ1) is 15.3. The molecule has 0 bridgehead atoms. The average molecular weight is 288 g/mol. The number of thioether (sulfide) groups is 1. The summed E-state index contributed by atoms with van der Waals surface area (Å²) in [7, 11) is 1.62. The number of hydrogen-bond donors (Lipinski definition) is 1. The number of nitrogens with one attached hydrogen (secondary N) is 1. The Morgan fingerprint density at radius 1 is 1.44 bits per heavy atom. The molecule has 1 rings (SSSR count). The monoisotopic (exact) mass is 287 g/mol. The lowest BCUT2D eigenvalue weighted by Crippen LogP contribution is -2.34. The first-order chi connectivity index (χ1) is 8.67. The van der Waals surface area contributed by atoms with Gasteiger partial charge in [-0.05, 0) is 30.7 Å². The zero-order valence-electron chi connectivity index (χ0n) is 10.6. The van der Waals surface area contributed by atoms with Crippen LogP contribution in [-0.4, -0.2) is 31.4 Å². The van der Waals surface area contributed by atoms with Gasteiger partial charge in [0.25, 0.3) is 0 Å². The predicted octanol–water partition coefficient (Wildman–Crippen LogP) is 2.97. The molecule has 0 aromatic heterocycles. The van der Waals surface area contributed by atoms with Crippen LogP contribution < -0.4 is 5.32 Å². The third kappa shape index (κ3) is 5.29. The highest BCUT2D eigenvalue weighted by Gasteiger charge is 2.17. The highest BCUT2D eigenvalue weighted by Crippen LogP contribution is 2.26. The van der Waals surface area contributed by atoms with Crippen LogP contribution in [0.3, 0.4) is 0 Å². The van der Waals surface area contributed by atoms with Crippen molar-refractivity contribution < 1.29 is 9.53 Å². The van der Waals surface area contributed by atoms with Gasteiger partial charge in [0, 0.05) is 23.6 Å². The maximum Gasteiger partial charge on any atom is 0.233 e. The van der Waals surface area contributed by atoms with E-state index >= 15 is 0 Å². The molecule has 100 valence electrons. The molecule has 1 amide bonds. The minimum absolute atomic E-state index is 0.0505. The van der Waals surface area contributed by atoms with Crippen molar-refractivity contribution in [2.75, 3.05) is 20.3 Å². The maximum absolute atomic E-state index is 11.9. The Balaban J connectivity index is 2.50. The number of benzene rings is 1. The van der Waals surface area contributed by atoms with E-state index in [1.54, 1.807) is 18.9 Å². The molecule has 1 aromatic carbocycles. The number of hydrogen-bond acceptors (Lipinski definition) is 3. The molecule has 0 fully saturated rings. The molecule has 0 saturated carbocycles. The number of amides is 1. The lowest BCUT2D eigenvalue weighted by atomic mass is 10.3. The normalized spacial score (nSPS) is 12.2. The molecule has 0 radical (unpaired) electrons. The van der Waals surface area contributed by atoms with Crippen LogP contribution in [0.4, 0.5) is 0 Å². The van der Waals surface area contributed by atoms with E-state index in [1.165, 1.54) is 0 Å². The van der Waals surface area contributed by atoms with Crippen LogP contribution in [0.25, 0.3) is 0 Å². The summed E-state index contributed by atoms with van der Waals surface area (Å²) in [5, 5.41) is 3.48.